The van der Waals surface area contributed by atoms with E-state index in [1.54, 1.807) is 0 Å². The van der Waals surface area contributed by atoms with Crippen LogP contribution in [0.5, 0.6) is 0 Å². The van der Waals surface area contributed by atoms with Crippen LogP contribution in [-0.2, 0) is 25.7 Å². The van der Waals surface area contributed by atoms with E-state index in [2.05, 4.69) is 0 Å². The van der Waals surface area contributed by atoms with Gasteiger partial charge >= 0.3 is 11.9 Å². The Morgan fingerprint density at radius 1 is 1.00 bits per heavy atom. The number of hydrogen-bond donors (Lipinski definition) is 0. The maximum Gasteiger partial charge on any atom is 0.306 e. The SMILES string of the molecule is CCCCOC(=O)CCC(=O)OCc1cc(F)c(F)c(F)c1. The lowest BCUT2D eigenvalue weighted by Gasteiger charge is -2.06. The fourth-order valence-electron chi connectivity index (χ4n) is 1.53. The average molecular weight is 318 g/mol. The van der Waals surface area contributed by atoms with Crippen LogP contribution < -0.4 is 0 Å². The third-order valence-electron chi connectivity index (χ3n) is 2.74. The Labute approximate surface area is 126 Å². The first-order valence-corrected chi connectivity index (χ1v) is 6.88. The molecule has 0 saturated carbocycles. The number of benzene rings is 1. The van der Waals surface area contributed by atoms with Gasteiger partial charge in [0.15, 0.2) is 17.5 Å². The summed E-state index contributed by atoms with van der Waals surface area (Å²) in [5.74, 6) is -5.51. The van der Waals surface area contributed by atoms with Gasteiger partial charge in [0, 0.05) is 0 Å². The molecule has 0 unspecified atom stereocenters. The minimum Gasteiger partial charge on any atom is -0.466 e. The molecule has 0 fully saturated rings. The molecule has 0 spiro atoms. The number of rotatable bonds is 8. The van der Waals surface area contributed by atoms with Crippen LogP contribution in [0.25, 0.3) is 0 Å². The number of halogens is 3. The number of ether oxygens (including phenoxy) is 2. The van der Waals surface area contributed by atoms with E-state index >= 15 is 0 Å². The van der Waals surface area contributed by atoms with Crippen molar-refractivity contribution in [3.05, 3.63) is 35.1 Å². The first kappa shape index (κ1) is 18.0. The van der Waals surface area contributed by atoms with Crippen molar-refractivity contribution in [2.75, 3.05) is 6.61 Å². The van der Waals surface area contributed by atoms with Gasteiger partial charge in [-0.1, -0.05) is 13.3 Å². The number of carbonyl (C=O) groups is 2. The Hall–Kier alpha value is -2.05. The van der Waals surface area contributed by atoms with E-state index in [9.17, 15) is 22.8 Å². The van der Waals surface area contributed by atoms with Crippen molar-refractivity contribution < 1.29 is 32.2 Å². The highest BCUT2D eigenvalue weighted by Crippen LogP contribution is 2.14. The van der Waals surface area contributed by atoms with E-state index in [0.29, 0.717) is 6.61 Å². The van der Waals surface area contributed by atoms with Crippen LogP contribution in [0.4, 0.5) is 13.2 Å². The minimum absolute atomic E-state index is 0.0183. The van der Waals surface area contributed by atoms with Crippen LogP contribution >= 0.6 is 0 Å². The molecule has 7 heteroatoms. The number of unbranched alkanes of at least 4 members (excludes halogenated alkanes) is 1. The Morgan fingerprint density at radius 2 is 1.55 bits per heavy atom. The number of carbonyl (C=O) groups excluding carboxylic acids is 2. The van der Waals surface area contributed by atoms with Crippen LogP contribution in [0.15, 0.2) is 12.1 Å². The topological polar surface area (TPSA) is 52.6 Å². The Bertz CT molecular complexity index is 509. The molecule has 122 valence electrons. The predicted molar refractivity (Wildman–Crippen MR) is 71.2 cm³/mol. The predicted octanol–water partition coefficient (Wildman–Crippen LogP) is 3.27. The summed E-state index contributed by atoms with van der Waals surface area (Å²) in [6, 6.07) is 1.48. The van der Waals surface area contributed by atoms with Gasteiger partial charge in [-0.15, -0.1) is 0 Å². The van der Waals surface area contributed by atoms with E-state index in [-0.39, 0.29) is 18.4 Å². The fourth-order valence-corrected chi connectivity index (χ4v) is 1.53. The minimum atomic E-state index is -1.58. The van der Waals surface area contributed by atoms with Gasteiger partial charge in [0.05, 0.1) is 19.4 Å². The zero-order chi connectivity index (χ0) is 16.5. The lowest BCUT2D eigenvalue weighted by molar-refractivity contribution is -0.151. The molecule has 0 bridgehead atoms. The molecule has 0 atom stereocenters. The normalized spacial score (nSPS) is 10.4. The van der Waals surface area contributed by atoms with Crippen molar-refractivity contribution in [3.63, 3.8) is 0 Å². The molecule has 0 saturated heterocycles. The summed E-state index contributed by atoms with van der Waals surface area (Å²) in [6.07, 6.45) is 1.31. The van der Waals surface area contributed by atoms with Crippen molar-refractivity contribution in [2.45, 2.75) is 39.2 Å². The summed E-state index contributed by atoms with van der Waals surface area (Å²) in [4.78, 5) is 22.6. The third kappa shape index (κ3) is 6.15. The summed E-state index contributed by atoms with van der Waals surface area (Å²) < 4.78 is 48.2. The lowest BCUT2D eigenvalue weighted by atomic mass is 10.2. The molecule has 0 amide bonds. The summed E-state index contributed by atoms with van der Waals surface area (Å²) in [5, 5.41) is 0. The van der Waals surface area contributed by atoms with Crippen LogP contribution in [0.2, 0.25) is 0 Å². The van der Waals surface area contributed by atoms with Gasteiger partial charge in [-0.3, -0.25) is 9.59 Å². The first-order chi connectivity index (χ1) is 10.4. The molecule has 4 nitrogen and oxygen atoms in total. The van der Waals surface area contributed by atoms with Gasteiger partial charge in [0.2, 0.25) is 0 Å². The second kappa shape index (κ2) is 9.07. The molecule has 0 N–H and O–H groups in total. The van der Waals surface area contributed by atoms with Crippen molar-refractivity contribution in [3.8, 4) is 0 Å². The zero-order valence-corrected chi connectivity index (χ0v) is 12.2. The Kier molecular flexibility index (Phi) is 7.42. The van der Waals surface area contributed by atoms with Crippen LogP contribution in [0.1, 0.15) is 38.2 Å². The molecule has 1 aromatic rings. The smallest absolute Gasteiger partial charge is 0.306 e. The molecule has 1 rings (SSSR count). The molecule has 0 aromatic heterocycles. The zero-order valence-electron chi connectivity index (χ0n) is 12.2. The summed E-state index contributed by atoms with van der Waals surface area (Å²) in [6.45, 7) is 1.85. The number of esters is 2. The Balaban J connectivity index is 2.33. The number of hydrogen-bond acceptors (Lipinski definition) is 4. The van der Waals surface area contributed by atoms with Gasteiger partial charge in [-0.05, 0) is 24.1 Å². The van der Waals surface area contributed by atoms with Gasteiger partial charge in [-0.25, -0.2) is 13.2 Å². The van der Waals surface area contributed by atoms with E-state index in [1.807, 2.05) is 6.92 Å². The summed E-state index contributed by atoms with van der Waals surface area (Å²) >= 11 is 0. The second-order valence-corrected chi connectivity index (χ2v) is 4.61. The maximum atomic E-state index is 12.9. The van der Waals surface area contributed by atoms with Gasteiger partial charge in [0.25, 0.3) is 0 Å². The largest absolute Gasteiger partial charge is 0.466 e. The fraction of sp³-hybridized carbons (Fsp3) is 0.467. The van der Waals surface area contributed by atoms with Gasteiger partial charge < -0.3 is 9.47 Å². The molecule has 1 aromatic carbocycles. The maximum absolute atomic E-state index is 12.9. The van der Waals surface area contributed by atoms with Crippen molar-refractivity contribution in [1.82, 2.24) is 0 Å². The molecule has 0 radical (unpaired) electrons. The van der Waals surface area contributed by atoms with E-state index < -0.39 is 36.0 Å². The molecule has 0 heterocycles. The molecule has 0 aliphatic rings. The standard InChI is InChI=1S/C15H17F3O4/c1-2-3-6-21-13(19)4-5-14(20)22-9-10-7-11(16)15(18)12(17)8-10/h7-8H,2-6,9H2,1H3. The first-order valence-electron chi connectivity index (χ1n) is 6.88. The van der Waals surface area contributed by atoms with Crippen LogP contribution in [-0.4, -0.2) is 18.5 Å². The van der Waals surface area contributed by atoms with Gasteiger partial charge in [-0.2, -0.15) is 0 Å². The van der Waals surface area contributed by atoms with Crippen molar-refractivity contribution in [1.29, 1.82) is 0 Å². The van der Waals surface area contributed by atoms with Crippen LogP contribution in [0, 0.1) is 17.5 Å². The highest BCUT2D eigenvalue weighted by molar-refractivity contribution is 5.77. The highest BCUT2D eigenvalue weighted by Gasteiger charge is 2.13. The van der Waals surface area contributed by atoms with Crippen molar-refractivity contribution in [2.24, 2.45) is 0 Å². The molecule has 22 heavy (non-hydrogen) atoms. The average Bonchev–Trinajstić information content (AvgIpc) is 2.48. The Morgan fingerprint density at radius 3 is 2.09 bits per heavy atom. The van der Waals surface area contributed by atoms with E-state index in [4.69, 9.17) is 9.47 Å². The molecular formula is C15H17F3O4. The summed E-state index contributed by atoms with van der Waals surface area (Å²) in [5.41, 5.74) is -0.0183. The van der Waals surface area contributed by atoms with Crippen molar-refractivity contribution >= 4 is 11.9 Å². The van der Waals surface area contributed by atoms with E-state index in [1.165, 1.54) is 0 Å². The van der Waals surface area contributed by atoms with Crippen LogP contribution in [0.3, 0.4) is 0 Å². The highest BCUT2D eigenvalue weighted by atomic mass is 19.2. The molecule has 0 aliphatic carbocycles. The second-order valence-electron chi connectivity index (χ2n) is 4.61. The quantitative estimate of drug-likeness (QED) is 0.419. The summed E-state index contributed by atoms with van der Waals surface area (Å²) in [7, 11) is 0. The molecular weight excluding hydrogens is 301 g/mol. The monoisotopic (exact) mass is 318 g/mol. The van der Waals surface area contributed by atoms with Gasteiger partial charge in [0.1, 0.15) is 6.61 Å². The van der Waals surface area contributed by atoms with E-state index in [0.717, 1.165) is 25.0 Å². The molecule has 0 aliphatic heterocycles. The third-order valence-corrected chi connectivity index (χ3v) is 2.74. The lowest BCUT2D eigenvalue weighted by Crippen LogP contribution is -2.11.